The van der Waals surface area contributed by atoms with Crippen LogP contribution in [0.1, 0.15) is 173 Å². The number of carboxylic acid groups (broad SMARTS) is 3. The van der Waals surface area contributed by atoms with Gasteiger partial charge in [0.2, 0.25) is 17.7 Å². The van der Waals surface area contributed by atoms with Crippen LogP contribution in [0.5, 0.6) is 0 Å². The first-order valence-corrected chi connectivity index (χ1v) is 20.5. The highest BCUT2D eigenvalue weighted by atomic mass is 16.4. The van der Waals surface area contributed by atoms with Gasteiger partial charge >= 0.3 is 17.9 Å². The molecule has 0 aromatic carbocycles. The number of aliphatic carboxylic acids is 3. The van der Waals surface area contributed by atoms with Gasteiger partial charge in [0.05, 0.1) is 0 Å². The van der Waals surface area contributed by atoms with E-state index in [0.717, 1.165) is 51.4 Å². The molecule has 0 unspecified atom stereocenters. The van der Waals surface area contributed by atoms with Crippen LogP contribution in [-0.2, 0) is 28.8 Å². The molecule has 0 spiro atoms. The summed E-state index contributed by atoms with van der Waals surface area (Å²) >= 11 is 0. The highest BCUT2D eigenvalue weighted by Crippen LogP contribution is 2.29. The summed E-state index contributed by atoms with van der Waals surface area (Å²) in [6.45, 7) is 0.924. The third kappa shape index (κ3) is 26.2. The van der Waals surface area contributed by atoms with E-state index in [9.17, 15) is 33.9 Å². The van der Waals surface area contributed by atoms with Gasteiger partial charge in [0, 0.05) is 38.3 Å². The van der Waals surface area contributed by atoms with Crippen molar-refractivity contribution in [3.8, 4) is 0 Å². The Kier molecular flexibility index (Phi) is 28.0. The maximum atomic E-state index is 12.8. The normalized spacial score (nSPS) is 16.7. The van der Waals surface area contributed by atoms with Gasteiger partial charge in [0.25, 0.3) is 0 Å². The van der Waals surface area contributed by atoms with E-state index in [4.69, 9.17) is 16.1 Å². The summed E-state index contributed by atoms with van der Waals surface area (Å²) in [5.74, 6) is 1.71. The lowest BCUT2D eigenvalue weighted by atomic mass is 9.81. The molecule has 1 aliphatic carbocycles. The Labute approximate surface area is 316 Å². The molecule has 0 saturated heterocycles. The Hall–Kier alpha value is -3.26. The van der Waals surface area contributed by atoms with E-state index in [2.05, 4.69) is 21.4 Å². The summed E-state index contributed by atoms with van der Waals surface area (Å²) in [5.41, 5.74) is 2.22. The van der Waals surface area contributed by atoms with Crippen LogP contribution >= 0.6 is 0 Å². The predicted molar refractivity (Wildman–Crippen MR) is 204 cm³/mol. The number of hydrogen-bond donors (Lipinski definition) is 8. The molecule has 0 aliphatic heterocycles. The molecular formula is C39H71N5O9. The minimum absolute atomic E-state index is 0.0320. The zero-order valence-electron chi connectivity index (χ0n) is 32.2. The topological polar surface area (TPSA) is 237 Å². The molecule has 1 saturated carbocycles. The van der Waals surface area contributed by atoms with Gasteiger partial charge in [-0.2, -0.15) is 0 Å². The maximum Gasteiger partial charge on any atom is 0.326 e. The number of hydrazine groups is 1. The number of nitrogens with two attached hydrogens (primary N) is 1. The summed E-state index contributed by atoms with van der Waals surface area (Å²) in [6.07, 6.45) is 23.8. The second kappa shape index (κ2) is 31.1. The molecule has 14 heteroatoms. The van der Waals surface area contributed by atoms with Gasteiger partial charge in [-0.25, -0.2) is 10.2 Å². The fourth-order valence-corrected chi connectivity index (χ4v) is 6.90. The first-order valence-electron chi connectivity index (χ1n) is 20.5. The van der Waals surface area contributed by atoms with Crippen molar-refractivity contribution < 1.29 is 44.1 Å². The maximum absolute atomic E-state index is 12.8. The second-order valence-electron chi connectivity index (χ2n) is 14.9. The fraction of sp³-hybridized carbons (Fsp3) is 0.846. The van der Waals surface area contributed by atoms with Crippen molar-refractivity contribution in [2.75, 3.05) is 13.1 Å². The van der Waals surface area contributed by atoms with Crippen molar-refractivity contribution in [1.29, 1.82) is 0 Å². The first kappa shape index (κ1) is 47.8. The van der Waals surface area contributed by atoms with Crippen molar-refractivity contribution in [3.05, 3.63) is 0 Å². The van der Waals surface area contributed by atoms with E-state index >= 15 is 0 Å². The van der Waals surface area contributed by atoms with E-state index in [-0.39, 0.29) is 36.5 Å². The van der Waals surface area contributed by atoms with Crippen molar-refractivity contribution >= 4 is 35.6 Å². The van der Waals surface area contributed by atoms with Crippen molar-refractivity contribution in [2.24, 2.45) is 17.7 Å². The highest BCUT2D eigenvalue weighted by Gasteiger charge is 2.29. The third-order valence-electron chi connectivity index (χ3n) is 10.4. The molecular weight excluding hydrogens is 682 g/mol. The van der Waals surface area contributed by atoms with Crippen LogP contribution in [0.4, 0.5) is 0 Å². The second-order valence-corrected chi connectivity index (χ2v) is 14.9. The van der Waals surface area contributed by atoms with Crippen LogP contribution < -0.4 is 27.2 Å². The number of hydrogen-bond acceptors (Lipinski definition) is 8. The van der Waals surface area contributed by atoms with Crippen LogP contribution in [-0.4, -0.2) is 76.1 Å². The molecule has 0 aromatic rings. The standard InChI is InChI=1S/C39H71N5O9/c40-44-33(39(52)53)19-17-18-28-41-35(46)27-26-32(38(50)51)43-37(49)31-24-22-30(23-25-31)29-42-34(45)20-15-13-11-9-7-5-3-1-2-4-6-8-10-12-14-16-21-36(47)48/h30-33,44H,1-29,40H2,(H,41,46)(H,42,45)(H,43,49)(H,47,48)(H,50,51)(H,52,53)/t30-,31-,32-,33-/m0/s1. The predicted octanol–water partition coefficient (Wildman–Crippen LogP) is 5.57. The zero-order chi connectivity index (χ0) is 39.1. The number of unbranched alkanes of at least 4 members (excludes halogenated alkanes) is 16. The lowest BCUT2D eigenvalue weighted by Gasteiger charge is -2.28. The monoisotopic (exact) mass is 754 g/mol. The van der Waals surface area contributed by atoms with Crippen LogP contribution in [0.25, 0.3) is 0 Å². The average molecular weight is 754 g/mol. The Morgan fingerprint density at radius 3 is 1.47 bits per heavy atom. The van der Waals surface area contributed by atoms with Gasteiger partial charge in [0.15, 0.2) is 0 Å². The summed E-state index contributed by atoms with van der Waals surface area (Å²) in [5, 5.41) is 35.6. The number of carbonyl (C=O) groups is 6. The van der Waals surface area contributed by atoms with E-state index in [1.54, 1.807) is 0 Å². The molecule has 0 heterocycles. The minimum atomic E-state index is -1.19. The first-order chi connectivity index (χ1) is 25.5. The number of amides is 3. The molecule has 9 N–H and O–H groups in total. The highest BCUT2D eigenvalue weighted by molar-refractivity contribution is 5.85. The summed E-state index contributed by atoms with van der Waals surface area (Å²) in [6, 6.07) is -2.01. The van der Waals surface area contributed by atoms with Gasteiger partial charge in [-0.15, -0.1) is 0 Å². The van der Waals surface area contributed by atoms with E-state index in [1.165, 1.54) is 64.2 Å². The quantitative estimate of drug-likeness (QED) is 0.0230. The third-order valence-corrected chi connectivity index (χ3v) is 10.4. The molecule has 306 valence electrons. The lowest BCUT2D eigenvalue weighted by Crippen LogP contribution is -2.45. The number of rotatable bonds is 34. The molecule has 0 radical (unpaired) electrons. The minimum Gasteiger partial charge on any atom is -0.481 e. The van der Waals surface area contributed by atoms with Crippen molar-refractivity contribution in [1.82, 2.24) is 21.4 Å². The summed E-state index contributed by atoms with van der Waals surface area (Å²) in [4.78, 5) is 70.6. The average Bonchev–Trinajstić information content (AvgIpc) is 3.13. The van der Waals surface area contributed by atoms with Gasteiger partial charge < -0.3 is 31.3 Å². The van der Waals surface area contributed by atoms with Crippen molar-refractivity contribution in [2.45, 2.75) is 185 Å². The van der Waals surface area contributed by atoms with Crippen LogP contribution in [0, 0.1) is 11.8 Å². The van der Waals surface area contributed by atoms with E-state index in [0.29, 0.717) is 64.0 Å². The fourth-order valence-electron chi connectivity index (χ4n) is 6.90. The van der Waals surface area contributed by atoms with Crippen molar-refractivity contribution in [3.63, 3.8) is 0 Å². The smallest absolute Gasteiger partial charge is 0.326 e. The van der Waals surface area contributed by atoms with E-state index in [1.807, 2.05) is 0 Å². The van der Waals surface area contributed by atoms with Crippen LogP contribution in [0.3, 0.4) is 0 Å². The molecule has 2 atom stereocenters. The molecule has 0 aromatic heterocycles. The molecule has 1 rings (SSSR count). The Balaban J connectivity index is 2.03. The largest absolute Gasteiger partial charge is 0.481 e. The Morgan fingerprint density at radius 1 is 0.528 bits per heavy atom. The van der Waals surface area contributed by atoms with Gasteiger partial charge in [-0.1, -0.05) is 89.9 Å². The summed E-state index contributed by atoms with van der Waals surface area (Å²) in [7, 11) is 0. The molecule has 3 amide bonds. The van der Waals surface area contributed by atoms with Gasteiger partial charge in [0.1, 0.15) is 12.1 Å². The zero-order valence-corrected chi connectivity index (χ0v) is 32.2. The molecule has 14 nitrogen and oxygen atoms in total. The van der Waals surface area contributed by atoms with Crippen LogP contribution in [0.15, 0.2) is 0 Å². The van der Waals surface area contributed by atoms with Gasteiger partial charge in [-0.05, 0) is 70.1 Å². The van der Waals surface area contributed by atoms with E-state index < -0.39 is 30.0 Å². The Bertz CT molecular complexity index is 1050. The molecule has 1 fully saturated rings. The van der Waals surface area contributed by atoms with Gasteiger partial charge in [-0.3, -0.25) is 29.8 Å². The SMILES string of the molecule is NN[C@@H](CCCCNC(=O)CC[C@H](NC(=O)[C@H]1CC[C@H](CNC(=O)CCCCCCCCCCCCCCCCCCC(=O)O)CC1)C(=O)O)C(=O)O. The summed E-state index contributed by atoms with van der Waals surface area (Å²) < 4.78 is 0. The number of carbonyl (C=O) groups excluding carboxylic acids is 3. The molecule has 1 aliphatic rings. The number of nitrogens with one attached hydrogen (secondary N) is 4. The Morgan fingerprint density at radius 2 is 1.00 bits per heavy atom. The number of carboxylic acids is 3. The molecule has 53 heavy (non-hydrogen) atoms. The molecule has 0 bridgehead atoms. The lowest BCUT2D eigenvalue weighted by molar-refractivity contribution is -0.143. The van der Waals surface area contributed by atoms with Crippen LogP contribution in [0.2, 0.25) is 0 Å².